The van der Waals surface area contributed by atoms with Crippen LogP contribution in [0.4, 0.5) is 24.0 Å². The molecule has 0 amide bonds. The van der Waals surface area contributed by atoms with E-state index in [1.165, 1.54) is 17.5 Å². The lowest BCUT2D eigenvalue weighted by atomic mass is 10.1. The van der Waals surface area contributed by atoms with E-state index in [4.69, 9.17) is 5.11 Å². The van der Waals surface area contributed by atoms with Gasteiger partial charge in [0.05, 0.1) is 11.3 Å². The zero-order chi connectivity index (χ0) is 14.9. The van der Waals surface area contributed by atoms with Crippen LogP contribution in [0.2, 0.25) is 0 Å². The molecule has 9 heteroatoms. The Balaban J connectivity index is 2.35. The van der Waals surface area contributed by atoms with Crippen molar-refractivity contribution in [3.05, 3.63) is 39.3 Å². The molecule has 0 saturated heterocycles. The van der Waals surface area contributed by atoms with Crippen LogP contribution in [0.1, 0.15) is 16.1 Å². The van der Waals surface area contributed by atoms with E-state index in [-0.39, 0.29) is 16.5 Å². The number of rotatable bonds is 3. The van der Waals surface area contributed by atoms with Gasteiger partial charge >= 0.3 is 12.1 Å². The van der Waals surface area contributed by atoms with Crippen LogP contribution in [0.15, 0.2) is 28.1 Å². The number of hydrogen-bond acceptors (Lipinski definition) is 4. The van der Waals surface area contributed by atoms with Crippen molar-refractivity contribution in [3.8, 4) is 0 Å². The van der Waals surface area contributed by atoms with Crippen LogP contribution in [0.3, 0.4) is 0 Å². The average molecular weight is 367 g/mol. The number of carbonyl (C=O) groups is 1. The highest BCUT2D eigenvalue weighted by Gasteiger charge is 2.34. The van der Waals surface area contributed by atoms with Crippen molar-refractivity contribution in [1.29, 1.82) is 0 Å². The number of anilines is 2. The molecule has 0 spiro atoms. The van der Waals surface area contributed by atoms with Crippen molar-refractivity contribution in [2.75, 3.05) is 5.32 Å². The molecule has 2 N–H and O–H groups in total. The molecule has 4 nitrogen and oxygen atoms in total. The second-order valence-electron chi connectivity index (χ2n) is 3.66. The van der Waals surface area contributed by atoms with E-state index in [0.717, 1.165) is 17.4 Å². The first kappa shape index (κ1) is 14.8. The van der Waals surface area contributed by atoms with Gasteiger partial charge in [-0.25, -0.2) is 9.78 Å². The van der Waals surface area contributed by atoms with Gasteiger partial charge in [-0.15, -0.1) is 11.3 Å². The summed E-state index contributed by atoms with van der Waals surface area (Å²) in [7, 11) is 0. The normalized spacial score (nSPS) is 11.4. The van der Waals surface area contributed by atoms with Crippen LogP contribution < -0.4 is 5.32 Å². The van der Waals surface area contributed by atoms with Crippen LogP contribution in [-0.4, -0.2) is 16.1 Å². The lowest BCUT2D eigenvalue weighted by Gasteiger charge is -2.13. The number of nitrogens with one attached hydrogen (secondary N) is 1. The number of thiazole rings is 1. The van der Waals surface area contributed by atoms with Gasteiger partial charge in [0.1, 0.15) is 0 Å². The monoisotopic (exact) mass is 366 g/mol. The average Bonchev–Trinajstić information content (AvgIpc) is 2.79. The van der Waals surface area contributed by atoms with E-state index in [9.17, 15) is 18.0 Å². The zero-order valence-corrected chi connectivity index (χ0v) is 11.9. The van der Waals surface area contributed by atoms with Crippen LogP contribution >= 0.6 is 27.3 Å². The molecule has 0 atom stereocenters. The highest BCUT2D eigenvalue weighted by atomic mass is 79.9. The molecule has 0 aliphatic carbocycles. The summed E-state index contributed by atoms with van der Waals surface area (Å²) in [6.45, 7) is 0. The van der Waals surface area contributed by atoms with E-state index in [1.807, 2.05) is 0 Å². The third-order valence-corrected chi connectivity index (χ3v) is 3.50. The van der Waals surface area contributed by atoms with Crippen LogP contribution in [-0.2, 0) is 6.18 Å². The summed E-state index contributed by atoms with van der Waals surface area (Å²) in [5.74, 6) is -1.24. The summed E-state index contributed by atoms with van der Waals surface area (Å²) in [6, 6.07) is 3.63. The van der Waals surface area contributed by atoms with Crippen molar-refractivity contribution in [2.45, 2.75) is 6.18 Å². The van der Waals surface area contributed by atoms with E-state index < -0.39 is 17.7 Å². The van der Waals surface area contributed by atoms with Crippen LogP contribution in [0, 0.1) is 0 Å². The molecule has 0 aliphatic heterocycles. The molecule has 20 heavy (non-hydrogen) atoms. The molecule has 2 rings (SSSR count). The van der Waals surface area contributed by atoms with Gasteiger partial charge in [0.15, 0.2) is 10.8 Å². The third-order valence-electron chi connectivity index (χ3n) is 2.25. The maximum Gasteiger partial charge on any atom is 0.418 e. The summed E-state index contributed by atoms with van der Waals surface area (Å²) >= 11 is 3.89. The fourth-order valence-corrected chi connectivity index (χ4v) is 2.46. The number of aromatic carboxylic acids is 1. The number of hydrogen-bond donors (Lipinski definition) is 2. The minimum atomic E-state index is -4.53. The fraction of sp³-hybridized carbons (Fsp3) is 0.0909. The third kappa shape index (κ3) is 3.28. The minimum absolute atomic E-state index is 0.0789. The number of aromatic nitrogens is 1. The molecule has 106 valence electrons. The quantitative estimate of drug-likeness (QED) is 0.846. The molecule has 0 unspecified atom stereocenters. The maximum atomic E-state index is 12.9. The predicted molar refractivity (Wildman–Crippen MR) is 71.5 cm³/mol. The Bertz CT molecular complexity index is 657. The second kappa shape index (κ2) is 5.41. The summed E-state index contributed by atoms with van der Waals surface area (Å²) in [6.07, 6.45) is -4.53. The van der Waals surface area contributed by atoms with Crippen LogP contribution in [0.5, 0.6) is 0 Å². The topological polar surface area (TPSA) is 62.2 Å². The number of halogens is 4. The molecular formula is C11H6BrF3N2O2S. The largest absolute Gasteiger partial charge is 0.476 e. The van der Waals surface area contributed by atoms with Gasteiger partial charge < -0.3 is 10.4 Å². The van der Waals surface area contributed by atoms with E-state index in [1.54, 1.807) is 0 Å². The summed E-state index contributed by atoms with van der Waals surface area (Å²) in [5.41, 5.74) is -1.27. The van der Waals surface area contributed by atoms with E-state index >= 15 is 0 Å². The molecule has 1 heterocycles. The molecule has 0 bridgehead atoms. The first-order valence-electron chi connectivity index (χ1n) is 5.10. The number of alkyl halides is 3. The summed E-state index contributed by atoms with van der Waals surface area (Å²) < 4.78 is 39.0. The SMILES string of the molecule is O=C(O)c1csc(Nc2ccc(Br)cc2C(F)(F)F)n1. The standard InChI is InChI=1S/C11H6BrF3N2O2S/c12-5-1-2-7(6(3-5)11(13,14)15)16-10-17-8(4-20-10)9(18)19/h1-4H,(H,16,17)(H,18,19). The molecule has 1 aromatic carbocycles. The van der Waals surface area contributed by atoms with Crippen molar-refractivity contribution in [2.24, 2.45) is 0 Å². The second-order valence-corrected chi connectivity index (χ2v) is 5.43. The van der Waals surface area contributed by atoms with Gasteiger partial charge in [-0.1, -0.05) is 15.9 Å². The Morgan fingerprint density at radius 3 is 2.65 bits per heavy atom. The van der Waals surface area contributed by atoms with Crippen molar-refractivity contribution in [3.63, 3.8) is 0 Å². The van der Waals surface area contributed by atoms with E-state index in [2.05, 4.69) is 26.2 Å². The van der Waals surface area contributed by atoms with E-state index in [0.29, 0.717) is 4.47 Å². The first-order valence-corrected chi connectivity index (χ1v) is 6.77. The molecule has 2 aromatic rings. The highest BCUT2D eigenvalue weighted by molar-refractivity contribution is 9.10. The lowest BCUT2D eigenvalue weighted by molar-refractivity contribution is -0.137. The first-order chi connectivity index (χ1) is 9.27. The summed E-state index contributed by atoms with van der Waals surface area (Å²) in [5, 5.41) is 12.5. The molecule has 0 saturated carbocycles. The molecule has 0 fully saturated rings. The van der Waals surface area contributed by atoms with Gasteiger partial charge in [0.25, 0.3) is 0 Å². The Morgan fingerprint density at radius 2 is 2.10 bits per heavy atom. The number of carboxylic acid groups (broad SMARTS) is 1. The predicted octanol–water partition coefficient (Wildman–Crippen LogP) is 4.37. The Morgan fingerprint density at radius 1 is 1.40 bits per heavy atom. The molecule has 0 radical (unpaired) electrons. The molecule has 0 aliphatic rings. The summed E-state index contributed by atoms with van der Waals surface area (Å²) in [4.78, 5) is 14.3. The van der Waals surface area contributed by atoms with Crippen LogP contribution in [0.25, 0.3) is 0 Å². The van der Waals surface area contributed by atoms with Crippen molar-refractivity contribution in [1.82, 2.24) is 4.98 Å². The number of benzene rings is 1. The Labute approximate surface area is 123 Å². The van der Waals surface area contributed by atoms with Gasteiger partial charge in [-0.3, -0.25) is 0 Å². The number of nitrogens with zero attached hydrogens (tertiary/aromatic N) is 1. The van der Waals surface area contributed by atoms with Crippen molar-refractivity contribution >= 4 is 44.1 Å². The van der Waals surface area contributed by atoms with Gasteiger partial charge in [-0.05, 0) is 18.2 Å². The number of carboxylic acids is 1. The molecular weight excluding hydrogens is 361 g/mol. The lowest BCUT2D eigenvalue weighted by Crippen LogP contribution is -2.09. The van der Waals surface area contributed by atoms with Gasteiger partial charge in [0.2, 0.25) is 0 Å². The Hall–Kier alpha value is -1.61. The Kier molecular flexibility index (Phi) is 4.00. The fourth-order valence-electron chi connectivity index (χ4n) is 1.40. The van der Waals surface area contributed by atoms with Crippen molar-refractivity contribution < 1.29 is 23.1 Å². The minimum Gasteiger partial charge on any atom is -0.476 e. The van der Waals surface area contributed by atoms with Gasteiger partial charge in [-0.2, -0.15) is 13.2 Å². The smallest absolute Gasteiger partial charge is 0.418 e. The van der Waals surface area contributed by atoms with Gasteiger partial charge in [0, 0.05) is 9.85 Å². The molecule has 1 aromatic heterocycles. The highest BCUT2D eigenvalue weighted by Crippen LogP contribution is 2.38. The maximum absolute atomic E-state index is 12.9. The zero-order valence-electron chi connectivity index (χ0n) is 9.53.